The van der Waals surface area contributed by atoms with Gasteiger partial charge in [-0.1, -0.05) is 30.3 Å². The quantitative estimate of drug-likeness (QED) is 0.757. The molecule has 1 saturated heterocycles. The Morgan fingerprint density at radius 1 is 1.16 bits per heavy atom. The highest BCUT2D eigenvalue weighted by atomic mass is 19.4. The van der Waals surface area contributed by atoms with Crippen LogP contribution in [0.1, 0.15) is 33.7 Å². The molecule has 6 nitrogen and oxygen atoms in total. The third-order valence-electron chi connectivity index (χ3n) is 5.17. The molecule has 2 aromatic rings. The van der Waals surface area contributed by atoms with Gasteiger partial charge in [0.05, 0.1) is 6.10 Å². The molecule has 174 valence electrons. The first-order valence-electron chi connectivity index (χ1n) is 10.1. The van der Waals surface area contributed by atoms with Gasteiger partial charge in [0.1, 0.15) is 0 Å². The van der Waals surface area contributed by atoms with Gasteiger partial charge in [0, 0.05) is 43.1 Å². The summed E-state index contributed by atoms with van der Waals surface area (Å²) in [6.45, 7) is 5.33. The zero-order valence-electron chi connectivity index (χ0n) is 18.2. The largest absolute Gasteiger partial charge is 0.490 e. The zero-order chi connectivity index (χ0) is 23.9. The molecule has 9 heteroatoms. The van der Waals surface area contributed by atoms with Crippen molar-refractivity contribution in [3.8, 4) is 0 Å². The lowest BCUT2D eigenvalue weighted by molar-refractivity contribution is -0.192. The lowest BCUT2D eigenvalue weighted by Gasteiger charge is -2.38. The number of hydrogen-bond donors (Lipinski definition) is 1. The van der Waals surface area contributed by atoms with E-state index in [1.54, 1.807) is 7.11 Å². The molecule has 3 rings (SSSR count). The Balaban J connectivity index is 0.000000451. The van der Waals surface area contributed by atoms with Gasteiger partial charge in [-0.05, 0) is 44.4 Å². The van der Waals surface area contributed by atoms with Crippen molar-refractivity contribution in [2.75, 3.05) is 20.2 Å². The Bertz CT molecular complexity index is 899. The normalized spacial score (nSPS) is 18.5. The number of amides is 1. The molecule has 1 aliphatic rings. The number of piperidine rings is 1. The molecule has 0 bridgehead atoms. The molecule has 0 saturated carbocycles. The molecule has 1 fully saturated rings. The summed E-state index contributed by atoms with van der Waals surface area (Å²) < 4.78 is 37.4. The van der Waals surface area contributed by atoms with E-state index in [1.165, 1.54) is 5.56 Å². The molecule has 1 aliphatic heterocycles. The van der Waals surface area contributed by atoms with E-state index in [0.29, 0.717) is 5.92 Å². The van der Waals surface area contributed by atoms with Crippen LogP contribution >= 0.6 is 0 Å². The van der Waals surface area contributed by atoms with Crippen LogP contribution < -0.4 is 0 Å². The highest BCUT2D eigenvalue weighted by Gasteiger charge is 2.38. The average Bonchev–Trinajstić information content (AvgIpc) is 2.73. The van der Waals surface area contributed by atoms with Crippen molar-refractivity contribution in [2.24, 2.45) is 5.92 Å². The number of halogens is 3. The number of aryl methyl sites for hydroxylation is 2. The van der Waals surface area contributed by atoms with Crippen LogP contribution in [-0.4, -0.2) is 59.3 Å². The molecule has 1 aromatic carbocycles. The number of nitrogens with zero attached hydrogens (tertiary/aromatic N) is 2. The van der Waals surface area contributed by atoms with Crippen LogP contribution in [0.15, 0.2) is 42.5 Å². The van der Waals surface area contributed by atoms with Crippen molar-refractivity contribution in [1.82, 2.24) is 9.88 Å². The minimum atomic E-state index is -5.08. The van der Waals surface area contributed by atoms with E-state index in [0.717, 1.165) is 42.9 Å². The van der Waals surface area contributed by atoms with Crippen LogP contribution in [0.25, 0.3) is 0 Å². The Hall–Kier alpha value is -2.94. The number of aromatic nitrogens is 1. The van der Waals surface area contributed by atoms with Gasteiger partial charge in [-0.15, -0.1) is 0 Å². The number of aliphatic carboxylic acids is 1. The summed E-state index contributed by atoms with van der Waals surface area (Å²) in [5.74, 6) is -2.34. The third-order valence-corrected chi connectivity index (χ3v) is 5.17. The molecule has 2 atom stereocenters. The smallest absolute Gasteiger partial charge is 0.475 e. The van der Waals surface area contributed by atoms with Crippen LogP contribution in [0.5, 0.6) is 0 Å². The van der Waals surface area contributed by atoms with Crippen molar-refractivity contribution in [2.45, 2.75) is 39.0 Å². The fraction of sp³-hybridized carbons (Fsp3) is 0.435. The van der Waals surface area contributed by atoms with Gasteiger partial charge < -0.3 is 14.7 Å². The van der Waals surface area contributed by atoms with Crippen molar-refractivity contribution in [3.05, 3.63) is 65.0 Å². The monoisotopic (exact) mass is 452 g/mol. The maximum absolute atomic E-state index is 13.0. The topological polar surface area (TPSA) is 79.7 Å². The van der Waals surface area contributed by atoms with Crippen LogP contribution in [0.4, 0.5) is 13.2 Å². The lowest BCUT2D eigenvalue weighted by atomic mass is 9.88. The molecule has 1 amide bonds. The molecule has 0 spiro atoms. The van der Waals surface area contributed by atoms with Gasteiger partial charge >= 0.3 is 12.1 Å². The first-order chi connectivity index (χ1) is 15.0. The summed E-state index contributed by atoms with van der Waals surface area (Å²) in [7, 11) is 1.77. The van der Waals surface area contributed by atoms with E-state index in [-0.39, 0.29) is 12.0 Å². The summed E-state index contributed by atoms with van der Waals surface area (Å²) in [5.41, 5.74) is 3.80. The number of methoxy groups -OCH3 is 1. The highest BCUT2D eigenvalue weighted by molar-refractivity contribution is 5.94. The number of ether oxygens (including phenoxy) is 1. The number of pyridine rings is 1. The van der Waals surface area contributed by atoms with Crippen molar-refractivity contribution in [1.29, 1.82) is 0 Å². The maximum atomic E-state index is 13.0. The van der Waals surface area contributed by atoms with Gasteiger partial charge in [-0.3, -0.25) is 9.78 Å². The van der Waals surface area contributed by atoms with Crippen LogP contribution in [0.3, 0.4) is 0 Å². The third kappa shape index (κ3) is 7.33. The standard InChI is InChI=1S/C21H26N2O2.C2HF3O2/c1-15-11-18(12-16(2)22-15)21(24)23-10-9-20(25-3)19(14-23)13-17-7-5-4-6-8-17;3-2(4,5)1(6)7/h4-8,11-12,19-20H,9-10,13-14H2,1-3H3;(H,6,7)/t19-,20+;/m0./s1. The van der Waals surface area contributed by atoms with Crippen molar-refractivity contribution in [3.63, 3.8) is 0 Å². The molecular formula is C23H27F3N2O4. The predicted octanol–water partition coefficient (Wildman–Crippen LogP) is 4.05. The van der Waals surface area contributed by atoms with Gasteiger partial charge in [-0.2, -0.15) is 13.2 Å². The predicted molar refractivity (Wildman–Crippen MR) is 112 cm³/mol. The molecule has 0 unspecified atom stereocenters. The molecule has 0 aliphatic carbocycles. The SMILES string of the molecule is CO[C@@H]1CCN(C(=O)c2cc(C)nc(C)c2)C[C@@H]1Cc1ccccc1.O=C(O)C(F)(F)F. The highest BCUT2D eigenvalue weighted by Crippen LogP contribution is 2.25. The molecule has 32 heavy (non-hydrogen) atoms. The summed E-state index contributed by atoms with van der Waals surface area (Å²) in [6, 6.07) is 14.2. The molecule has 2 heterocycles. The Kier molecular flexibility index (Phi) is 8.77. The summed E-state index contributed by atoms with van der Waals surface area (Å²) in [6.07, 6.45) is -3.08. The lowest BCUT2D eigenvalue weighted by Crippen LogP contribution is -2.47. The van der Waals surface area contributed by atoms with E-state index in [4.69, 9.17) is 14.6 Å². The van der Waals surface area contributed by atoms with E-state index < -0.39 is 12.1 Å². The van der Waals surface area contributed by atoms with E-state index >= 15 is 0 Å². The number of hydrogen-bond acceptors (Lipinski definition) is 4. The summed E-state index contributed by atoms with van der Waals surface area (Å²) in [5, 5.41) is 7.12. The maximum Gasteiger partial charge on any atom is 0.490 e. The Morgan fingerprint density at radius 3 is 2.22 bits per heavy atom. The number of rotatable bonds is 4. The van der Waals surface area contributed by atoms with Gasteiger partial charge in [0.2, 0.25) is 0 Å². The number of alkyl halides is 3. The van der Waals surface area contributed by atoms with Crippen LogP contribution in [0, 0.1) is 19.8 Å². The fourth-order valence-corrected chi connectivity index (χ4v) is 3.76. The minimum Gasteiger partial charge on any atom is -0.475 e. The number of carboxylic acid groups (broad SMARTS) is 1. The number of likely N-dealkylation sites (tertiary alicyclic amines) is 1. The number of carboxylic acids is 1. The van der Waals surface area contributed by atoms with Gasteiger partial charge in [-0.25, -0.2) is 4.79 Å². The molecule has 1 N–H and O–H groups in total. The first kappa shape index (κ1) is 25.3. The molecule has 0 radical (unpaired) electrons. The second kappa shape index (κ2) is 11.1. The van der Waals surface area contributed by atoms with E-state index in [9.17, 15) is 18.0 Å². The summed E-state index contributed by atoms with van der Waals surface area (Å²) in [4.78, 5) is 28.2. The van der Waals surface area contributed by atoms with E-state index in [2.05, 4.69) is 29.2 Å². The van der Waals surface area contributed by atoms with Crippen LogP contribution in [0.2, 0.25) is 0 Å². The second-order valence-electron chi connectivity index (χ2n) is 7.71. The van der Waals surface area contributed by atoms with Crippen molar-refractivity contribution < 1.29 is 32.6 Å². The number of carbonyl (C=O) groups excluding carboxylic acids is 1. The fourth-order valence-electron chi connectivity index (χ4n) is 3.76. The summed E-state index contributed by atoms with van der Waals surface area (Å²) >= 11 is 0. The minimum absolute atomic E-state index is 0.0983. The Labute approximate surface area is 185 Å². The van der Waals surface area contributed by atoms with Gasteiger partial charge in [0.25, 0.3) is 5.91 Å². The van der Waals surface area contributed by atoms with Crippen LogP contribution in [-0.2, 0) is 16.0 Å². The second-order valence-corrected chi connectivity index (χ2v) is 7.71. The number of benzene rings is 1. The van der Waals surface area contributed by atoms with Crippen molar-refractivity contribution >= 4 is 11.9 Å². The number of carbonyl (C=O) groups is 2. The van der Waals surface area contributed by atoms with E-state index in [1.807, 2.05) is 36.9 Å². The molecule has 1 aromatic heterocycles. The average molecular weight is 452 g/mol. The molecular weight excluding hydrogens is 425 g/mol. The van der Waals surface area contributed by atoms with Gasteiger partial charge in [0.15, 0.2) is 0 Å². The first-order valence-corrected chi connectivity index (χ1v) is 10.1. The zero-order valence-corrected chi connectivity index (χ0v) is 18.2. The Morgan fingerprint density at radius 2 is 1.72 bits per heavy atom.